The van der Waals surface area contributed by atoms with Crippen LogP contribution in [0.4, 0.5) is 0 Å². The first-order chi connectivity index (χ1) is 9.18. The van der Waals surface area contributed by atoms with Crippen LogP contribution in [0.3, 0.4) is 0 Å². The monoisotopic (exact) mass is 306 g/mol. The maximum atomic E-state index is 11.9. The minimum atomic E-state index is -3.88. The van der Waals surface area contributed by atoms with Crippen LogP contribution >= 0.6 is 0 Å². The second kappa shape index (κ2) is 6.35. The van der Waals surface area contributed by atoms with E-state index in [0.717, 1.165) is 12.3 Å². The fraction of sp³-hybridized carbons (Fsp3) is 0.545. The molecule has 0 aliphatic heterocycles. The number of hydrogen-bond acceptors (Lipinski definition) is 5. The summed E-state index contributed by atoms with van der Waals surface area (Å²) < 4.78 is 30.9. The predicted octanol–water partition coefficient (Wildman–Crippen LogP) is -0.221. The van der Waals surface area contributed by atoms with Crippen molar-refractivity contribution in [1.82, 2.24) is 9.71 Å². The van der Waals surface area contributed by atoms with Crippen molar-refractivity contribution in [1.29, 1.82) is 0 Å². The quantitative estimate of drug-likeness (QED) is 0.525. The molecular formula is C11H18N2O6S. The zero-order chi connectivity index (χ0) is 15.4. The number of ether oxygens (including phenoxy) is 1. The van der Waals surface area contributed by atoms with E-state index in [4.69, 9.17) is 9.84 Å². The second-order valence-electron chi connectivity index (χ2n) is 4.62. The molecule has 0 aliphatic carbocycles. The number of carbonyl (C=O) groups is 1. The van der Waals surface area contributed by atoms with Crippen LogP contribution < -0.4 is 4.72 Å². The van der Waals surface area contributed by atoms with Crippen molar-refractivity contribution in [3.8, 4) is 0 Å². The Morgan fingerprint density at radius 1 is 1.55 bits per heavy atom. The molecule has 20 heavy (non-hydrogen) atoms. The van der Waals surface area contributed by atoms with Crippen LogP contribution in [-0.2, 0) is 14.8 Å². The fourth-order valence-corrected chi connectivity index (χ4v) is 2.55. The van der Waals surface area contributed by atoms with E-state index < -0.39 is 21.6 Å². The van der Waals surface area contributed by atoms with Gasteiger partial charge in [-0.1, -0.05) is 0 Å². The number of hydrogen-bond donors (Lipinski definition) is 4. The molecule has 1 heterocycles. The normalized spacial score (nSPS) is 14.9. The highest BCUT2D eigenvalue weighted by molar-refractivity contribution is 7.89. The first-order valence-corrected chi connectivity index (χ1v) is 7.29. The van der Waals surface area contributed by atoms with E-state index in [2.05, 4.69) is 9.71 Å². The van der Waals surface area contributed by atoms with Gasteiger partial charge in [0.2, 0.25) is 10.0 Å². The highest BCUT2D eigenvalue weighted by atomic mass is 32.2. The number of carboxylic acid groups (broad SMARTS) is 1. The average molecular weight is 306 g/mol. The predicted molar refractivity (Wildman–Crippen MR) is 70.1 cm³/mol. The smallest absolute Gasteiger partial charge is 0.352 e. The van der Waals surface area contributed by atoms with E-state index in [9.17, 15) is 18.3 Å². The number of rotatable bonds is 8. The van der Waals surface area contributed by atoms with Crippen molar-refractivity contribution in [3.05, 3.63) is 18.0 Å². The highest BCUT2D eigenvalue weighted by Crippen LogP contribution is 2.13. The minimum Gasteiger partial charge on any atom is -0.477 e. The van der Waals surface area contributed by atoms with Crippen molar-refractivity contribution < 1.29 is 28.2 Å². The number of aromatic nitrogens is 1. The standard InChI is InChI=1S/C11H18N2O6S/c1-11(16,3-4-19-2)7-13-20(17,18)8-5-9(10(14)15)12-6-8/h5-6,12-13,16H,3-4,7H2,1-2H3,(H,14,15). The van der Waals surface area contributed by atoms with Crippen LogP contribution in [0, 0.1) is 0 Å². The van der Waals surface area contributed by atoms with Crippen LogP contribution in [0.1, 0.15) is 23.8 Å². The molecule has 0 aromatic carbocycles. The molecule has 1 aromatic rings. The first kappa shape index (κ1) is 16.6. The lowest BCUT2D eigenvalue weighted by molar-refractivity contribution is 0.0292. The van der Waals surface area contributed by atoms with Gasteiger partial charge < -0.3 is 19.9 Å². The number of nitrogens with one attached hydrogen (secondary N) is 2. The van der Waals surface area contributed by atoms with Crippen molar-refractivity contribution in [3.63, 3.8) is 0 Å². The Morgan fingerprint density at radius 2 is 2.20 bits per heavy atom. The molecule has 114 valence electrons. The van der Waals surface area contributed by atoms with Gasteiger partial charge in [0.05, 0.1) is 5.60 Å². The Labute approximate surface area is 116 Å². The van der Waals surface area contributed by atoms with E-state index in [1.165, 1.54) is 14.0 Å². The Kier molecular flexibility index (Phi) is 5.28. The van der Waals surface area contributed by atoms with Crippen molar-refractivity contribution in [2.45, 2.75) is 23.8 Å². The third kappa shape index (κ3) is 4.60. The maximum absolute atomic E-state index is 11.9. The summed E-state index contributed by atoms with van der Waals surface area (Å²) in [6.07, 6.45) is 1.34. The lowest BCUT2D eigenvalue weighted by Crippen LogP contribution is -2.41. The lowest BCUT2D eigenvalue weighted by Gasteiger charge is -2.22. The number of H-pyrrole nitrogens is 1. The number of carboxylic acids is 1. The summed E-state index contributed by atoms with van der Waals surface area (Å²) in [5.74, 6) is -1.25. The number of sulfonamides is 1. The Balaban J connectivity index is 2.72. The summed E-state index contributed by atoms with van der Waals surface area (Å²) in [5.41, 5.74) is -1.48. The molecule has 0 aliphatic rings. The molecular weight excluding hydrogens is 288 g/mol. The fourth-order valence-electron chi connectivity index (χ4n) is 1.40. The van der Waals surface area contributed by atoms with Gasteiger partial charge in [0.15, 0.2) is 0 Å². The maximum Gasteiger partial charge on any atom is 0.352 e. The Bertz CT molecular complexity index is 563. The summed E-state index contributed by atoms with van der Waals surface area (Å²) >= 11 is 0. The van der Waals surface area contributed by atoms with E-state index in [1.807, 2.05) is 0 Å². The molecule has 0 saturated carbocycles. The van der Waals surface area contributed by atoms with Gasteiger partial charge in [-0.2, -0.15) is 0 Å². The van der Waals surface area contributed by atoms with Crippen LogP contribution in [0.2, 0.25) is 0 Å². The van der Waals surface area contributed by atoms with Crippen molar-refractivity contribution in [2.75, 3.05) is 20.3 Å². The summed E-state index contributed by atoms with van der Waals surface area (Å²) in [6, 6.07) is 1.01. The Morgan fingerprint density at radius 3 is 2.70 bits per heavy atom. The minimum absolute atomic E-state index is 0.197. The van der Waals surface area contributed by atoms with Gasteiger partial charge in [-0.3, -0.25) is 0 Å². The van der Waals surface area contributed by atoms with Crippen molar-refractivity contribution in [2.24, 2.45) is 0 Å². The molecule has 1 rings (SSSR count). The molecule has 1 aromatic heterocycles. The van der Waals surface area contributed by atoms with Gasteiger partial charge in [0.25, 0.3) is 0 Å². The molecule has 0 saturated heterocycles. The van der Waals surface area contributed by atoms with Gasteiger partial charge in [0.1, 0.15) is 10.6 Å². The van der Waals surface area contributed by atoms with Gasteiger partial charge >= 0.3 is 5.97 Å². The topological polar surface area (TPSA) is 129 Å². The second-order valence-corrected chi connectivity index (χ2v) is 6.39. The zero-order valence-electron chi connectivity index (χ0n) is 11.2. The SMILES string of the molecule is COCCC(C)(O)CNS(=O)(=O)c1c[nH]c(C(=O)O)c1. The van der Waals surface area contributed by atoms with Crippen LogP contribution in [-0.4, -0.2) is 55.4 Å². The zero-order valence-corrected chi connectivity index (χ0v) is 12.0. The molecule has 1 unspecified atom stereocenters. The molecule has 1 atom stereocenters. The van der Waals surface area contributed by atoms with Crippen LogP contribution in [0.5, 0.6) is 0 Å². The van der Waals surface area contributed by atoms with Crippen molar-refractivity contribution >= 4 is 16.0 Å². The molecule has 8 nitrogen and oxygen atoms in total. The molecule has 4 N–H and O–H groups in total. The number of methoxy groups -OCH3 is 1. The Hall–Kier alpha value is -1.42. The van der Waals surface area contributed by atoms with Crippen LogP contribution in [0.25, 0.3) is 0 Å². The molecule has 0 radical (unpaired) electrons. The number of aromatic carboxylic acids is 1. The van der Waals surface area contributed by atoms with Gasteiger partial charge in [0, 0.05) is 32.9 Å². The number of aliphatic hydroxyl groups is 1. The van der Waals surface area contributed by atoms with Gasteiger partial charge in [-0.25, -0.2) is 17.9 Å². The molecule has 9 heteroatoms. The molecule has 0 fully saturated rings. The van der Waals surface area contributed by atoms with Gasteiger partial charge in [-0.15, -0.1) is 0 Å². The third-order valence-electron chi connectivity index (χ3n) is 2.69. The first-order valence-electron chi connectivity index (χ1n) is 5.81. The number of aromatic amines is 1. The lowest BCUT2D eigenvalue weighted by atomic mass is 10.0. The molecule has 0 bridgehead atoms. The van der Waals surface area contributed by atoms with E-state index in [0.29, 0.717) is 6.61 Å². The summed E-state index contributed by atoms with van der Waals surface area (Å²) in [4.78, 5) is 12.8. The van der Waals surface area contributed by atoms with Crippen LogP contribution in [0.15, 0.2) is 17.2 Å². The average Bonchev–Trinajstić information content (AvgIpc) is 2.85. The summed E-state index contributed by atoms with van der Waals surface area (Å²) in [7, 11) is -2.40. The largest absolute Gasteiger partial charge is 0.477 e. The van der Waals surface area contributed by atoms with Gasteiger partial charge in [-0.05, 0) is 13.0 Å². The summed E-state index contributed by atoms with van der Waals surface area (Å²) in [6.45, 7) is 1.57. The summed E-state index contributed by atoms with van der Waals surface area (Å²) in [5, 5.41) is 18.7. The van der Waals surface area contributed by atoms with E-state index in [-0.39, 0.29) is 23.6 Å². The highest BCUT2D eigenvalue weighted by Gasteiger charge is 2.25. The van der Waals surface area contributed by atoms with E-state index in [1.54, 1.807) is 0 Å². The van der Waals surface area contributed by atoms with E-state index >= 15 is 0 Å². The third-order valence-corrected chi connectivity index (χ3v) is 4.07. The molecule has 0 spiro atoms. The molecule has 0 amide bonds.